The van der Waals surface area contributed by atoms with Crippen LogP contribution in [0.25, 0.3) is 5.57 Å². The van der Waals surface area contributed by atoms with Gasteiger partial charge in [0.1, 0.15) is 12.2 Å². The lowest BCUT2D eigenvalue weighted by Gasteiger charge is -2.44. The van der Waals surface area contributed by atoms with Crippen LogP contribution in [0.5, 0.6) is 0 Å². The molecule has 4 nitrogen and oxygen atoms in total. The summed E-state index contributed by atoms with van der Waals surface area (Å²) in [5.41, 5.74) is 3.50. The van der Waals surface area contributed by atoms with E-state index in [0.29, 0.717) is 26.1 Å². The highest BCUT2D eigenvalue weighted by atomic mass is 17.2. The minimum absolute atomic E-state index is 0.227. The predicted molar refractivity (Wildman–Crippen MR) is 104 cm³/mol. The lowest BCUT2D eigenvalue weighted by molar-refractivity contribution is -0.508. The number of hydrogen-bond acceptors (Lipinski definition) is 4. The SMILES string of the molecule is CC/C(=C\[C@H]1OC2(CCOCC2)OO[C@@H]1c1ccccc1)c1ccccc1. The van der Waals surface area contributed by atoms with Crippen molar-refractivity contribution in [1.82, 2.24) is 0 Å². The normalized spacial score (nSPS) is 25.4. The van der Waals surface area contributed by atoms with Crippen molar-refractivity contribution in [2.45, 2.75) is 44.2 Å². The molecular weight excluding hydrogens is 340 g/mol. The molecule has 0 aromatic heterocycles. The molecule has 4 rings (SSSR count). The molecule has 2 aromatic rings. The standard InChI is InChI=1S/C23H26O4/c1-2-18(19-9-5-3-6-10-19)17-21-22(20-11-7-4-8-12-20)26-27-23(25-21)13-15-24-16-14-23/h3-12,17,21-22H,2,13-16H2,1H3/b18-17+/t21-,22-/m1/s1. The minimum atomic E-state index is -0.722. The molecule has 0 aliphatic carbocycles. The highest BCUT2D eigenvalue weighted by Gasteiger charge is 2.45. The summed E-state index contributed by atoms with van der Waals surface area (Å²) in [5.74, 6) is -0.722. The van der Waals surface area contributed by atoms with E-state index in [1.165, 1.54) is 11.1 Å². The molecule has 1 spiro atoms. The van der Waals surface area contributed by atoms with Gasteiger partial charge in [0.05, 0.1) is 13.2 Å². The van der Waals surface area contributed by atoms with Crippen molar-refractivity contribution >= 4 is 5.57 Å². The second-order valence-corrected chi connectivity index (χ2v) is 7.03. The zero-order valence-corrected chi connectivity index (χ0v) is 15.7. The molecule has 2 aromatic carbocycles. The fourth-order valence-corrected chi connectivity index (χ4v) is 3.69. The highest BCUT2D eigenvalue weighted by Crippen LogP contribution is 2.40. The van der Waals surface area contributed by atoms with Crippen LogP contribution >= 0.6 is 0 Å². The van der Waals surface area contributed by atoms with Crippen LogP contribution in [0.4, 0.5) is 0 Å². The van der Waals surface area contributed by atoms with Crippen LogP contribution in [0.15, 0.2) is 66.7 Å². The van der Waals surface area contributed by atoms with Gasteiger partial charge < -0.3 is 9.47 Å². The van der Waals surface area contributed by atoms with Crippen molar-refractivity contribution in [1.29, 1.82) is 0 Å². The zero-order chi connectivity index (χ0) is 18.5. The number of allylic oxidation sites excluding steroid dienone is 1. The molecule has 142 valence electrons. The van der Waals surface area contributed by atoms with Crippen LogP contribution in [0.3, 0.4) is 0 Å². The van der Waals surface area contributed by atoms with Crippen molar-refractivity contribution in [3.05, 3.63) is 77.9 Å². The molecule has 0 unspecified atom stereocenters. The monoisotopic (exact) mass is 366 g/mol. The Balaban J connectivity index is 1.67. The topological polar surface area (TPSA) is 36.9 Å². The van der Waals surface area contributed by atoms with Gasteiger partial charge in [0.25, 0.3) is 0 Å². The van der Waals surface area contributed by atoms with E-state index in [4.69, 9.17) is 19.2 Å². The van der Waals surface area contributed by atoms with E-state index in [0.717, 1.165) is 12.0 Å². The van der Waals surface area contributed by atoms with Gasteiger partial charge in [-0.25, -0.2) is 9.78 Å². The molecule has 2 fully saturated rings. The molecular formula is C23H26O4. The van der Waals surface area contributed by atoms with Crippen LogP contribution < -0.4 is 0 Å². The fourth-order valence-electron chi connectivity index (χ4n) is 3.69. The van der Waals surface area contributed by atoms with Gasteiger partial charge >= 0.3 is 0 Å². The molecule has 0 radical (unpaired) electrons. The van der Waals surface area contributed by atoms with E-state index < -0.39 is 5.79 Å². The third kappa shape index (κ3) is 4.14. The Hall–Kier alpha value is -1.98. The summed E-state index contributed by atoms with van der Waals surface area (Å²) >= 11 is 0. The molecule has 27 heavy (non-hydrogen) atoms. The second-order valence-electron chi connectivity index (χ2n) is 7.03. The number of ether oxygens (including phenoxy) is 2. The van der Waals surface area contributed by atoms with Crippen molar-refractivity contribution in [2.75, 3.05) is 13.2 Å². The van der Waals surface area contributed by atoms with Gasteiger partial charge in [-0.15, -0.1) is 0 Å². The first-order chi connectivity index (χ1) is 13.3. The Kier molecular flexibility index (Phi) is 5.69. The molecule has 0 saturated carbocycles. The first-order valence-corrected chi connectivity index (χ1v) is 9.71. The largest absolute Gasteiger partial charge is 0.381 e. The maximum absolute atomic E-state index is 6.53. The molecule has 2 aliphatic rings. The lowest BCUT2D eigenvalue weighted by Crippen LogP contribution is -2.50. The van der Waals surface area contributed by atoms with Crippen LogP contribution in [-0.4, -0.2) is 25.1 Å². The molecule has 2 aliphatic heterocycles. The Bertz CT molecular complexity index is 750. The summed E-state index contributed by atoms with van der Waals surface area (Å²) in [7, 11) is 0. The van der Waals surface area contributed by atoms with E-state index in [9.17, 15) is 0 Å². The summed E-state index contributed by atoms with van der Waals surface area (Å²) < 4.78 is 12.0. The van der Waals surface area contributed by atoms with E-state index in [2.05, 4.69) is 37.3 Å². The maximum atomic E-state index is 6.53. The molecule has 2 heterocycles. The molecule has 0 amide bonds. The van der Waals surface area contributed by atoms with E-state index in [-0.39, 0.29) is 12.2 Å². The molecule has 2 atom stereocenters. The molecule has 0 bridgehead atoms. The van der Waals surface area contributed by atoms with Crippen LogP contribution in [0.2, 0.25) is 0 Å². The average Bonchev–Trinajstić information content (AvgIpc) is 2.74. The smallest absolute Gasteiger partial charge is 0.206 e. The Morgan fingerprint density at radius 2 is 1.67 bits per heavy atom. The van der Waals surface area contributed by atoms with Gasteiger partial charge in [-0.2, -0.15) is 0 Å². The molecule has 4 heteroatoms. The lowest BCUT2D eigenvalue weighted by atomic mass is 9.96. The summed E-state index contributed by atoms with van der Waals surface area (Å²) in [6.45, 7) is 3.41. The summed E-state index contributed by atoms with van der Waals surface area (Å²) in [6.07, 6.45) is 3.94. The molecule has 2 saturated heterocycles. The first kappa shape index (κ1) is 18.4. The highest BCUT2D eigenvalue weighted by molar-refractivity contribution is 5.65. The quantitative estimate of drug-likeness (QED) is 0.708. The van der Waals surface area contributed by atoms with Gasteiger partial charge in [0.15, 0.2) is 0 Å². The Morgan fingerprint density at radius 3 is 2.33 bits per heavy atom. The van der Waals surface area contributed by atoms with Crippen molar-refractivity contribution in [2.24, 2.45) is 0 Å². The number of rotatable bonds is 4. The zero-order valence-electron chi connectivity index (χ0n) is 15.7. The van der Waals surface area contributed by atoms with Crippen molar-refractivity contribution in [3.63, 3.8) is 0 Å². The van der Waals surface area contributed by atoms with Crippen LogP contribution in [0, 0.1) is 0 Å². The predicted octanol–water partition coefficient (Wildman–Crippen LogP) is 5.08. The van der Waals surface area contributed by atoms with Crippen molar-refractivity contribution < 1.29 is 19.2 Å². The fraction of sp³-hybridized carbons (Fsp3) is 0.391. The van der Waals surface area contributed by atoms with Crippen LogP contribution in [0.1, 0.15) is 43.4 Å². The third-order valence-corrected chi connectivity index (χ3v) is 5.23. The average molecular weight is 366 g/mol. The number of hydrogen-bond donors (Lipinski definition) is 0. The maximum Gasteiger partial charge on any atom is 0.206 e. The van der Waals surface area contributed by atoms with E-state index in [1.807, 2.05) is 36.4 Å². The third-order valence-electron chi connectivity index (χ3n) is 5.23. The number of benzene rings is 2. The summed E-state index contributed by atoms with van der Waals surface area (Å²) in [6, 6.07) is 20.6. The first-order valence-electron chi connectivity index (χ1n) is 9.71. The van der Waals surface area contributed by atoms with E-state index >= 15 is 0 Å². The molecule has 0 N–H and O–H groups in total. The Morgan fingerprint density at radius 1 is 1.00 bits per heavy atom. The summed E-state index contributed by atoms with van der Waals surface area (Å²) in [4.78, 5) is 11.7. The second kappa shape index (κ2) is 8.36. The van der Waals surface area contributed by atoms with Gasteiger partial charge in [0.2, 0.25) is 5.79 Å². The summed E-state index contributed by atoms with van der Waals surface area (Å²) in [5, 5.41) is 0. The minimum Gasteiger partial charge on any atom is -0.381 e. The van der Waals surface area contributed by atoms with Gasteiger partial charge in [-0.3, -0.25) is 0 Å². The van der Waals surface area contributed by atoms with Gasteiger partial charge in [-0.05, 0) is 29.2 Å². The van der Waals surface area contributed by atoms with Crippen molar-refractivity contribution in [3.8, 4) is 0 Å². The van der Waals surface area contributed by atoms with Crippen LogP contribution in [-0.2, 0) is 19.2 Å². The van der Waals surface area contributed by atoms with E-state index in [1.54, 1.807) is 0 Å². The Labute approximate surface area is 160 Å². The van der Waals surface area contributed by atoms with Gasteiger partial charge in [0, 0.05) is 12.8 Å². The van der Waals surface area contributed by atoms with Gasteiger partial charge in [-0.1, -0.05) is 67.6 Å².